The fourth-order valence-electron chi connectivity index (χ4n) is 2.61. The Morgan fingerprint density at radius 1 is 1.12 bits per heavy atom. The molecule has 1 heterocycles. The molecule has 1 saturated heterocycles. The van der Waals surface area contributed by atoms with E-state index in [4.69, 9.17) is 0 Å². The van der Waals surface area contributed by atoms with Crippen LogP contribution in [0.3, 0.4) is 0 Å². The topological polar surface area (TPSA) is 49.4 Å². The van der Waals surface area contributed by atoms with E-state index in [1.54, 1.807) is 4.90 Å². The Bertz CT molecular complexity index is 603. The molecule has 4 nitrogen and oxygen atoms in total. The predicted molar refractivity (Wildman–Crippen MR) is 91.9 cm³/mol. The summed E-state index contributed by atoms with van der Waals surface area (Å²) < 4.78 is 61.5. The number of rotatable bonds is 4. The molecular formula is C14H21Cl2F3N2O2S. The molecule has 0 aromatic heterocycles. The van der Waals surface area contributed by atoms with Crippen molar-refractivity contribution in [2.24, 2.45) is 0 Å². The summed E-state index contributed by atoms with van der Waals surface area (Å²) in [7, 11) is -3.35. The first-order valence-electron chi connectivity index (χ1n) is 6.98. The zero-order chi connectivity index (χ0) is 16.4. The van der Waals surface area contributed by atoms with Gasteiger partial charge in [0.05, 0.1) is 11.3 Å². The van der Waals surface area contributed by atoms with Crippen LogP contribution in [0, 0.1) is 0 Å². The van der Waals surface area contributed by atoms with Crippen molar-refractivity contribution in [2.45, 2.75) is 23.5 Å². The molecule has 1 aromatic rings. The van der Waals surface area contributed by atoms with Crippen LogP contribution in [0.2, 0.25) is 0 Å². The average molecular weight is 409 g/mol. The minimum Gasteiger partial charge on any atom is -0.314 e. The molecule has 140 valence electrons. The number of hydrogen-bond acceptors (Lipinski definition) is 4. The van der Waals surface area contributed by atoms with Gasteiger partial charge in [0.25, 0.3) is 0 Å². The molecule has 1 aliphatic heterocycles. The first kappa shape index (κ1) is 23.5. The number of nitrogens with zero attached hydrogens (tertiary/aromatic N) is 1. The van der Waals surface area contributed by atoms with Crippen molar-refractivity contribution in [2.75, 3.05) is 32.4 Å². The molecule has 0 spiro atoms. The lowest BCUT2D eigenvalue weighted by molar-refractivity contribution is -0.148. The van der Waals surface area contributed by atoms with Crippen LogP contribution in [0.15, 0.2) is 29.2 Å². The first-order chi connectivity index (χ1) is 10.2. The summed E-state index contributed by atoms with van der Waals surface area (Å²) in [5.41, 5.74) is 0.492. The van der Waals surface area contributed by atoms with E-state index in [9.17, 15) is 21.6 Å². The SMILES string of the molecule is CS(=O)(=O)c1ccc([C@@H](CC(F)(F)F)N2CCNCC2)cc1.Cl.Cl. The third kappa shape index (κ3) is 6.76. The largest absolute Gasteiger partial charge is 0.390 e. The predicted octanol–water partition coefficient (Wildman–Crippen LogP) is 2.83. The Balaban J connectivity index is 0.00000264. The van der Waals surface area contributed by atoms with Crippen LogP contribution in [0.4, 0.5) is 13.2 Å². The Morgan fingerprint density at radius 2 is 1.62 bits per heavy atom. The number of nitrogens with one attached hydrogen (secondary N) is 1. The van der Waals surface area contributed by atoms with E-state index < -0.39 is 28.5 Å². The number of sulfone groups is 1. The lowest BCUT2D eigenvalue weighted by Gasteiger charge is -2.35. The number of benzene rings is 1. The number of hydrogen-bond donors (Lipinski definition) is 1. The first-order valence-corrected chi connectivity index (χ1v) is 8.87. The van der Waals surface area contributed by atoms with E-state index in [-0.39, 0.29) is 29.7 Å². The highest BCUT2D eigenvalue weighted by molar-refractivity contribution is 7.90. The molecule has 2 rings (SSSR count). The van der Waals surface area contributed by atoms with Crippen molar-refractivity contribution >= 4 is 34.7 Å². The second-order valence-electron chi connectivity index (χ2n) is 5.46. The van der Waals surface area contributed by atoms with Gasteiger partial charge in [0.2, 0.25) is 0 Å². The maximum absolute atomic E-state index is 12.9. The standard InChI is InChI=1S/C14H19F3N2O2S.2ClH/c1-22(20,21)12-4-2-11(3-5-12)13(10-14(15,16)17)19-8-6-18-7-9-19;;/h2-5,13,18H,6-10H2,1H3;2*1H/t13-;;/m1../s1. The highest BCUT2D eigenvalue weighted by Gasteiger charge is 2.35. The molecule has 10 heteroatoms. The molecule has 0 unspecified atom stereocenters. The van der Waals surface area contributed by atoms with Crippen LogP contribution >= 0.6 is 24.8 Å². The van der Waals surface area contributed by atoms with Crippen LogP contribution in [0.1, 0.15) is 18.0 Å². The van der Waals surface area contributed by atoms with Crippen LogP contribution in [0.5, 0.6) is 0 Å². The maximum atomic E-state index is 12.9. The lowest BCUT2D eigenvalue weighted by atomic mass is 10.0. The van der Waals surface area contributed by atoms with Crippen molar-refractivity contribution in [3.05, 3.63) is 29.8 Å². The fourth-order valence-corrected chi connectivity index (χ4v) is 3.24. The number of halogens is 5. The van der Waals surface area contributed by atoms with Gasteiger partial charge >= 0.3 is 6.18 Å². The summed E-state index contributed by atoms with van der Waals surface area (Å²) in [6.45, 7) is 2.37. The third-order valence-electron chi connectivity index (χ3n) is 3.71. The smallest absolute Gasteiger partial charge is 0.314 e. The fraction of sp³-hybridized carbons (Fsp3) is 0.571. The van der Waals surface area contributed by atoms with Gasteiger partial charge in [0.15, 0.2) is 9.84 Å². The maximum Gasteiger partial charge on any atom is 0.390 e. The molecule has 1 atom stereocenters. The summed E-state index contributed by atoms with van der Waals surface area (Å²) in [6, 6.07) is 4.92. The van der Waals surface area contributed by atoms with Gasteiger partial charge in [-0.05, 0) is 17.7 Å². The van der Waals surface area contributed by atoms with E-state index in [1.165, 1.54) is 24.3 Å². The summed E-state index contributed by atoms with van der Waals surface area (Å²) >= 11 is 0. The van der Waals surface area contributed by atoms with E-state index in [1.807, 2.05) is 0 Å². The van der Waals surface area contributed by atoms with E-state index >= 15 is 0 Å². The van der Waals surface area contributed by atoms with Gasteiger partial charge in [-0.2, -0.15) is 13.2 Å². The third-order valence-corrected chi connectivity index (χ3v) is 4.84. The molecule has 1 N–H and O–H groups in total. The molecule has 1 aliphatic rings. The monoisotopic (exact) mass is 408 g/mol. The van der Waals surface area contributed by atoms with Gasteiger partial charge in [-0.15, -0.1) is 24.8 Å². The summed E-state index contributed by atoms with van der Waals surface area (Å²) in [5, 5.41) is 3.11. The molecule has 0 radical (unpaired) electrons. The Labute approximate surface area is 152 Å². The van der Waals surface area contributed by atoms with E-state index in [2.05, 4.69) is 5.32 Å². The zero-order valence-electron chi connectivity index (χ0n) is 13.0. The molecule has 0 saturated carbocycles. The Kier molecular flexibility index (Phi) is 9.03. The van der Waals surface area contributed by atoms with Crippen LogP contribution in [-0.4, -0.2) is 51.9 Å². The summed E-state index contributed by atoms with van der Waals surface area (Å²) in [4.78, 5) is 1.90. The molecular weight excluding hydrogens is 388 g/mol. The lowest BCUT2D eigenvalue weighted by Crippen LogP contribution is -2.46. The Hall–Kier alpha value is -0.540. The van der Waals surface area contributed by atoms with Gasteiger partial charge in [0, 0.05) is 38.5 Å². The molecule has 1 aromatic carbocycles. The van der Waals surface area contributed by atoms with Gasteiger partial charge in [0.1, 0.15) is 0 Å². The van der Waals surface area contributed by atoms with Crippen molar-refractivity contribution in [1.82, 2.24) is 10.2 Å². The van der Waals surface area contributed by atoms with Gasteiger partial charge in [-0.25, -0.2) is 8.42 Å². The minimum atomic E-state index is -4.27. The Morgan fingerprint density at radius 3 is 2.04 bits per heavy atom. The van der Waals surface area contributed by atoms with Crippen LogP contribution < -0.4 is 5.32 Å². The van der Waals surface area contributed by atoms with Gasteiger partial charge < -0.3 is 5.32 Å². The summed E-state index contributed by atoms with van der Waals surface area (Å²) in [6.07, 6.45) is -4.14. The zero-order valence-corrected chi connectivity index (χ0v) is 15.5. The van der Waals surface area contributed by atoms with Crippen molar-refractivity contribution in [3.8, 4) is 0 Å². The highest BCUT2D eigenvalue weighted by Crippen LogP contribution is 2.34. The average Bonchev–Trinajstić information content (AvgIpc) is 2.44. The molecule has 24 heavy (non-hydrogen) atoms. The highest BCUT2D eigenvalue weighted by atomic mass is 35.5. The van der Waals surface area contributed by atoms with Crippen LogP contribution in [0.25, 0.3) is 0 Å². The minimum absolute atomic E-state index is 0. The molecule has 1 fully saturated rings. The van der Waals surface area contributed by atoms with E-state index in [0.29, 0.717) is 31.7 Å². The summed E-state index contributed by atoms with van der Waals surface area (Å²) in [5.74, 6) is 0. The quantitative estimate of drug-likeness (QED) is 0.831. The molecule has 0 aliphatic carbocycles. The molecule has 0 bridgehead atoms. The second kappa shape index (κ2) is 9.24. The van der Waals surface area contributed by atoms with Crippen molar-refractivity contribution in [1.29, 1.82) is 0 Å². The van der Waals surface area contributed by atoms with Crippen molar-refractivity contribution < 1.29 is 21.6 Å². The number of piperazine rings is 1. The normalized spacial score (nSPS) is 17.5. The van der Waals surface area contributed by atoms with E-state index in [0.717, 1.165) is 6.26 Å². The van der Waals surface area contributed by atoms with Crippen molar-refractivity contribution in [3.63, 3.8) is 0 Å². The number of alkyl halides is 3. The molecule has 0 amide bonds. The second-order valence-corrected chi connectivity index (χ2v) is 7.48. The van der Waals surface area contributed by atoms with Gasteiger partial charge in [-0.1, -0.05) is 12.1 Å². The van der Waals surface area contributed by atoms with Gasteiger partial charge in [-0.3, -0.25) is 4.90 Å². The van der Waals surface area contributed by atoms with Crippen LogP contribution in [-0.2, 0) is 9.84 Å².